The van der Waals surface area contributed by atoms with E-state index in [0.29, 0.717) is 42.9 Å². The number of amides is 2. The van der Waals surface area contributed by atoms with Crippen molar-refractivity contribution >= 4 is 50.3 Å². The average Bonchev–Trinajstić information content (AvgIpc) is 3.47. The van der Waals surface area contributed by atoms with E-state index in [2.05, 4.69) is 30.4 Å². The number of nitrogens with one attached hydrogen (secondary N) is 2. The zero-order valence-electron chi connectivity index (χ0n) is 27.1. The molecule has 13 nitrogen and oxygen atoms in total. The monoisotopic (exact) mass is 668 g/mol. The van der Waals surface area contributed by atoms with E-state index in [-0.39, 0.29) is 24.6 Å². The molecule has 3 aromatic rings. The molecule has 2 fully saturated rings. The quantitative estimate of drug-likeness (QED) is 0.187. The fourth-order valence-corrected chi connectivity index (χ4v) is 6.52. The lowest BCUT2D eigenvalue weighted by Gasteiger charge is -2.33. The van der Waals surface area contributed by atoms with Crippen LogP contribution in [-0.4, -0.2) is 117 Å². The summed E-state index contributed by atoms with van der Waals surface area (Å²) in [6.07, 6.45) is 6.49. The van der Waals surface area contributed by atoms with Crippen molar-refractivity contribution in [3.8, 4) is 11.1 Å². The minimum absolute atomic E-state index is 0.0277. The third-order valence-corrected chi connectivity index (χ3v) is 9.25. The number of hydrogen-bond donors (Lipinski definition) is 2. The van der Waals surface area contributed by atoms with Crippen LogP contribution in [0.5, 0.6) is 0 Å². The van der Waals surface area contributed by atoms with Gasteiger partial charge in [0.2, 0.25) is 0 Å². The molecule has 0 unspecified atom stereocenters. The average molecular weight is 669 g/mol. The number of aryl methyl sites for hydroxylation is 1. The molecule has 1 saturated carbocycles. The maximum absolute atomic E-state index is 12.5. The molecular formula is C33H44N6O7S. The highest BCUT2D eigenvalue weighted by Gasteiger charge is 2.20. The molecule has 0 radical (unpaired) electrons. The largest absolute Gasteiger partial charge is 0.468 e. The number of anilines is 2. The Morgan fingerprint density at radius 1 is 0.936 bits per heavy atom. The molecule has 0 spiro atoms. The molecule has 2 amide bonds. The van der Waals surface area contributed by atoms with E-state index in [4.69, 9.17) is 18.9 Å². The summed E-state index contributed by atoms with van der Waals surface area (Å²) < 4.78 is 22.4. The Hall–Kier alpha value is -3.69. The van der Waals surface area contributed by atoms with E-state index in [1.165, 1.54) is 24.9 Å². The molecule has 14 heteroatoms. The summed E-state index contributed by atoms with van der Waals surface area (Å²) in [6, 6.07) is 7.73. The van der Waals surface area contributed by atoms with Gasteiger partial charge in [-0.25, -0.2) is 9.78 Å². The van der Waals surface area contributed by atoms with Crippen LogP contribution >= 0.6 is 11.3 Å². The number of benzene rings is 1. The summed E-state index contributed by atoms with van der Waals surface area (Å²) in [4.78, 5) is 49.8. The van der Waals surface area contributed by atoms with Crippen LogP contribution in [0.2, 0.25) is 0 Å². The van der Waals surface area contributed by atoms with E-state index in [9.17, 15) is 14.4 Å². The Bertz CT molecular complexity index is 1500. The second-order valence-corrected chi connectivity index (χ2v) is 12.8. The first kappa shape index (κ1) is 34.6. The second-order valence-electron chi connectivity index (χ2n) is 11.8. The van der Waals surface area contributed by atoms with E-state index in [1.54, 1.807) is 6.20 Å². The second kappa shape index (κ2) is 17.5. The van der Waals surface area contributed by atoms with Gasteiger partial charge in [0.25, 0.3) is 5.91 Å². The Morgan fingerprint density at radius 3 is 2.49 bits per heavy atom. The molecule has 1 aliphatic carbocycles. The predicted octanol–water partition coefficient (Wildman–Crippen LogP) is 4.31. The first-order chi connectivity index (χ1) is 22.9. The van der Waals surface area contributed by atoms with Gasteiger partial charge in [0.15, 0.2) is 5.13 Å². The van der Waals surface area contributed by atoms with Crippen molar-refractivity contribution in [3.63, 3.8) is 0 Å². The van der Waals surface area contributed by atoms with Gasteiger partial charge in [-0.15, -0.1) is 0 Å². The fourth-order valence-electron chi connectivity index (χ4n) is 5.60. The number of piperazine rings is 1. The molecule has 2 aliphatic rings. The topological polar surface area (TPSA) is 144 Å². The first-order valence-corrected chi connectivity index (χ1v) is 17.0. The molecule has 0 atom stereocenters. The van der Waals surface area contributed by atoms with Crippen molar-refractivity contribution in [2.24, 2.45) is 0 Å². The molecule has 1 aliphatic heterocycles. The van der Waals surface area contributed by atoms with Gasteiger partial charge in [-0.05, 0) is 56.4 Å². The van der Waals surface area contributed by atoms with Gasteiger partial charge in [-0.1, -0.05) is 23.8 Å². The number of aromatic nitrogens is 2. The van der Waals surface area contributed by atoms with Crippen LogP contribution < -0.4 is 10.6 Å². The normalized spacial score (nSPS) is 16.2. The zero-order valence-corrected chi connectivity index (χ0v) is 27.9. The lowest BCUT2D eigenvalue weighted by atomic mass is 9.98. The Labute approximate surface area is 278 Å². The van der Waals surface area contributed by atoms with E-state index >= 15 is 0 Å². The molecule has 254 valence electrons. The molecule has 5 rings (SSSR count). The Balaban J connectivity index is 1.01. The maximum atomic E-state index is 12.5. The minimum Gasteiger partial charge on any atom is -0.468 e. The zero-order chi connectivity index (χ0) is 33.0. The predicted molar refractivity (Wildman–Crippen MR) is 180 cm³/mol. The summed E-state index contributed by atoms with van der Waals surface area (Å²) in [6.45, 7) is 7.57. The molecule has 3 heterocycles. The number of hydrogen-bond acceptors (Lipinski definition) is 12. The first-order valence-electron chi connectivity index (χ1n) is 16.2. The molecule has 2 aromatic heterocycles. The summed E-state index contributed by atoms with van der Waals surface area (Å²) >= 11 is 1.38. The summed E-state index contributed by atoms with van der Waals surface area (Å²) in [5, 5.41) is 6.17. The molecule has 1 aromatic carbocycles. The van der Waals surface area contributed by atoms with Crippen molar-refractivity contribution < 1.29 is 33.3 Å². The van der Waals surface area contributed by atoms with Gasteiger partial charge in [0, 0.05) is 44.5 Å². The third-order valence-electron chi connectivity index (χ3n) is 8.32. The van der Waals surface area contributed by atoms with Crippen LogP contribution in [0.15, 0.2) is 30.5 Å². The molecule has 47 heavy (non-hydrogen) atoms. The van der Waals surface area contributed by atoms with Crippen LogP contribution in [0.1, 0.15) is 37.8 Å². The van der Waals surface area contributed by atoms with Crippen LogP contribution in [0, 0.1) is 6.92 Å². The fraction of sp³-hybridized carbons (Fsp3) is 0.545. The number of rotatable bonds is 14. The number of methoxy groups -OCH3 is 1. The number of thiazole rings is 1. The molecular weight excluding hydrogens is 624 g/mol. The number of esters is 1. The van der Waals surface area contributed by atoms with Gasteiger partial charge in [-0.2, -0.15) is 0 Å². The SMILES string of the molecule is COC(=O)CN1CCN(CCOCCOCC(=O)Nc2nc3ccc(-c4cnc(C)c(NC(=O)OC5CCCCC5)c4)cc3s2)CC1. The summed E-state index contributed by atoms with van der Waals surface area (Å²) in [5.74, 6) is -0.493. The van der Waals surface area contributed by atoms with Gasteiger partial charge in [0.1, 0.15) is 12.7 Å². The van der Waals surface area contributed by atoms with Crippen molar-refractivity contribution in [2.45, 2.75) is 45.1 Å². The van der Waals surface area contributed by atoms with Gasteiger partial charge >= 0.3 is 12.1 Å². The molecule has 1 saturated heterocycles. The summed E-state index contributed by atoms with van der Waals surface area (Å²) in [5.41, 5.74) is 3.84. The highest BCUT2D eigenvalue weighted by atomic mass is 32.1. The van der Waals surface area contributed by atoms with Gasteiger partial charge in [-0.3, -0.25) is 35.0 Å². The van der Waals surface area contributed by atoms with Crippen LogP contribution in [0.25, 0.3) is 21.3 Å². The number of nitrogens with zero attached hydrogens (tertiary/aromatic N) is 4. The van der Waals surface area contributed by atoms with E-state index in [0.717, 1.165) is 79.8 Å². The number of ether oxygens (including phenoxy) is 4. The van der Waals surface area contributed by atoms with E-state index < -0.39 is 6.09 Å². The minimum atomic E-state index is -0.450. The lowest BCUT2D eigenvalue weighted by molar-refractivity contribution is -0.142. The van der Waals surface area contributed by atoms with Crippen molar-refractivity contribution in [1.29, 1.82) is 0 Å². The lowest BCUT2D eigenvalue weighted by Crippen LogP contribution is -2.48. The Morgan fingerprint density at radius 2 is 1.70 bits per heavy atom. The van der Waals surface area contributed by atoms with Crippen molar-refractivity contribution in [2.75, 3.05) is 83.4 Å². The van der Waals surface area contributed by atoms with E-state index in [1.807, 2.05) is 31.2 Å². The maximum Gasteiger partial charge on any atom is 0.411 e. The number of fused-ring (bicyclic) bond motifs is 1. The standard InChI is InChI=1S/C33H44N6O7S/c1-23-28(36-33(42)46-26-6-4-3-5-7-26)18-25(20-34-23)24-8-9-27-29(19-24)47-32(35-27)37-30(40)22-45-17-16-44-15-14-38-10-12-39(13-11-38)21-31(41)43-2/h8-9,18-20,26H,3-7,10-17,21-22H2,1-2H3,(H,36,42)(H,35,37,40). The van der Waals surface area contributed by atoms with Gasteiger partial charge < -0.3 is 18.9 Å². The third kappa shape index (κ3) is 10.7. The number of carbonyl (C=O) groups excluding carboxylic acids is 3. The van der Waals surface area contributed by atoms with Crippen molar-refractivity contribution in [3.05, 3.63) is 36.2 Å². The van der Waals surface area contributed by atoms with Crippen molar-refractivity contribution in [1.82, 2.24) is 19.8 Å². The van der Waals surface area contributed by atoms with Gasteiger partial charge in [0.05, 0.1) is 55.1 Å². The number of carbonyl (C=O) groups is 3. The van der Waals surface area contributed by atoms with Crippen LogP contribution in [0.4, 0.5) is 15.6 Å². The van der Waals surface area contributed by atoms with Crippen LogP contribution in [0.3, 0.4) is 0 Å². The smallest absolute Gasteiger partial charge is 0.411 e. The summed E-state index contributed by atoms with van der Waals surface area (Å²) in [7, 11) is 1.41. The molecule has 0 bridgehead atoms. The van der Waals surface area contributed by atoms with Crippen LogP contribution in [-0.2, 0) is 28.5 Å². The highest BCUT2D eigenvalue weighted by Crippen LogP contribution is 2.32. The Kier molecular flexibility index (Phi) is 12.9. The number of pyridine rings is 1. The molecule has 2 N–H and O–H groups in total. The highest BCUT2D eigenvalue weighted by molar-refractivity contribution is 7.22.